The molecule has 0 bridgehead atoms. The highest BCUT2D eigenvalue weighted by atomic mass is 31.2. The highest BCUT2D eigenvalue weighted by Crippen LogP contribution is 2.43. The molecule has 0 aliphatic heterocycles. The molecule has 2 N–H and O–H groups in total. The molecule has 12 heteroatoms. The van der Waals surface area contributed by atoms with Crippen molar-refractivity contribution in [2.75, 3.05) is 26.4 Å². The van der Waals surface area contributed by atoms with Gasteiger partial charge < -0.3 is 24.2 Å². The van der Waals surface area contributed by atoms with Crippen molar-refractivity contribution in [3.8, 4) is 0 Å². The summed E-state index contributed by atoms with van der Waals surface area (Å²) < 4.78 is 39.6. The number of hydrogen-bond donors (Lipinski definition) is 2. The molecule has 0 aromatic carbocycles. The van der Waals surface area contributed by atoms with Gasteiger partial charge in [0.1, 0.15) is 12.7 Å². The largest absolute Gasteiger partial charge is 0.472 e. The number of phosphoric ester groups is 1. The summed E-state index contributed by atoms with van der Waals surface area (Å²) in [5.74, 6) is -1.45. The predicted octanol–water partition coefficient (Wildman–Crippen LogP) is 18.4. The lowest BCUT2D eigenvalue weighted by atomic mass is 10.1. The van der Waals surface area contributed by atoms with E-state index in [0.717, 1.165) is 77.0 Å². The van der Waals surface area contributed by atoms with Crippen molar-refractivity contribution >= 4 is 25.7 Å². The van der Waals surface area contributed by atoms with Crippen molar-refractivity contribution in [3.63, 3.8) is 0 Å². The van der Waals surface area contributed by atoms with Gasteiger partial charge in [-0.15, -0.1) is 0 Å². The molecule has 0 aliphatic rings. The van der Waals surface area contributed by atoms with Crippen molar-refractivity contribution in [1.82, 2.24) is 0 Å². The summed E-state index contributed by atoms with van der Waals surface area (Å²) in [7, 11) is -4.75. The Morgan fingerprint density at radius 3 is 1.04 bits per heavy atom. The molecule has 11 nitrogen and oxygen atoms in total. The molecule has 0 saturated carbocycles. The van der Waals surface area contributed by atoms with E-state index in [9.17, 15) is 28.9 Å². The Bertz CT molecular complexity index is 1380. The molecule has 74 heavy (non-hydrogen) atoms. The minimum absolute atomic E-state index is 0.166. The van der Waals surface area contributed by atoms with E-state index in [0.29, 0.717) is 19.3 Å². The molecule has 0 amide bonds. The third-order valence-corrected chi connectivity index (χ3v) is 14.5. The molecule has 0 fully saturated rings. The zero-order valence-corrected chi connectivity index (χ0v) is 49.0. The predicted molar refractivity (Wildman–Crippen MR) is 307 cm³/mol. The average molecular weight is 1070 g/mol. The number of rotatable bonds is 58. The van der Waals surface area contributed by atoms with Crippen LogP contribution in [0.2, 0.25) is 0 Å². The SMILES string of the molecule is CCCCC/C=C\C/C=C\CCCCCCCCCCCC(=O)OC(COC(=O)CCCCCCCCCCCCC)COP(=O)(O)OCC(CO)OC(=O)CCCCCCCCC/C=C\CCCCCCCC. The lowest BCUT2D eigenvalue weighted by Gasteiger charge is -2.21. The number of unbranched alkanes of at least 4 members (excludes halogenated alkanes) is 35. The maximum atomic E-state index is 12.9. The first-order valence-corrected chi connectivity index (χ1v) is 32.4. The minimum atomic E-state index is -4.75. The number of carbonyl (C=O) groups excluding carboxylic acids is 3. The molecule has 0 saturated heterocycles. The summed E-state index contributed by atoms with van der Waals surface area (Å²) in [6.45, 7) is 4.65. The highest BCUT2D eigenvalue weighted by Gasteiger charge is 2.28. The number of carbonyl (C=O) groups is 3. The number of aliphatic hydroxyl groups excluding tert-OH is 1. The van der Waals surface area contributed by atoms with Crippen molar-refractivity contribution in [2.24, 2.45) is 0 Å². The van der Waals surface area contributed by atoms with Gasteiger partial charge in [0.2, 0.25) is 0 Å². The van der Waals surface area contributed by atoms with Crippen LogP contribution in [-0.4, -0.2) is 66.5 Å². The van der Waals surface area contributed by atoms with Gasteiger partial charge in [-0.3, -0.25) is 23.4 Å². The summed E-state index contributed by atoms with van der Waals surface area (Å²) in [5, 5.41) is 9.83. The van der Waals surface area contributed by atoms with Crippen LogP contribution in [0.3, 0.4) is 0 Å². The van der Waals surface area contributed by atoms with Gasteiger partial charge >= 0.3 is 25.7 Å². The third kappa shape index (κ3) is 54.5. The van der Waals surface area contributed by atoms with Crippen LogP contribution in [0.25, 0.3) is 0 Å². The molecule has 0 aromatic heterocycles. The first-order valence-electron chi connectivity index (χ1n) is 30.9. The number of ether oxygens (including phenoxy) is 3. The highest BCUT2D eigenvalue weighted by molar-refractivity contribution is 7.47. The van der Waals surface area contributed by atoms with Crippen LogP contribution < -0.4 is 0 Å². The van der Waals surface area contributed by atoms with E-state index in [-0.39, 0.29) is 25.9 Å². The van der Waals surface area contributed by atoms with Gasteiger partial charge in [0.25, 0.3) is 0 Å². The fourth-order valence-corrected chi connectivity index (χ4v) is 9.58. The average Bonchev–Trinajstić information content (AvgIpc) is 3.39. The second kappa shape index (κ2) is 56.9. The number of allylic oxidation sites excluding steroid dienone is 6. The smallest absolute Gasteiger partial charge is 0.462 e. The van der Waals surface area contributed by atoms with Gasteiger partial charge in [-0.2, -0.15) is 0 Å². The Kier molecular flexibility index (Phi) is 55.1. The van der Waals surface area contributed by atoms with Crippen molar-refractivity contribution < 1.29 is 52.2 Å². The molecule has 0 aromatic rings. The van der Waals surface area contributed by atoms with E-state index in [1.54, 1.807) is 0 Å². The lowest BCUT2D eigenvalue weighted by Crippen LogP contribution is -2.30. The van der Waals surface area contributed by atoms with Crippen molar-refractivity contribution in [1.29, 1.82) is 0 Å². The maximum absolute atomic E-state index is 12.9. The molecule has 3 atom stereocenters. The second-order valence-electron chi connectivity index (χ2n) is 20.9. The first-order chi connectivity index (χ1) is 36.2. The molecule has 434 valence electrons. The topological polar surface area (TPSA) is 155 Å². The van der Waals surface area contributed by atoms with E-state index in [2.05, 4.69) is 57.2 Å². The van der Waals surface area contributed by atoms with Gasteiger partial charge in [-0.05, 0) is 77.0 Å². The van der Waals surface area contributed by atoms with Gasteiger partial charge in [0.05, 0.1) is 19.8 Å². The van der Waals surface area contributed by atoms with Crippen LogP contribution in [0, 0.1) is 0 Å². The minimum Gasteiger partial charge on any atom is -0.462 e. The fourth-order valence-electron chi connectivity index (χ4n) is 8.79. The molecule has 0 rings (SSSR count). The first kappa shape index (κ1) is 71.7. The Hall–Kier alpha value is -2.30. The summed E-state index contributed by atoms with van der Waals surface area (Å²) in [6, 6.07) is 0. The summed E-state index contributed by atoms with van der Waals surface area (Å²) in [5.41, 5.74) is 0. The molecular formula is C62H115O11P. The zero-order chi connectivity index (χ0) is 54.1. The van der Waals surface area contributed by atoms with E-state index >= 15 is 0 Å². The third-order valence-electron chi connectivity index (χ3n) is 13.5. The van der Waals surface area contributed by atoms with Crippen LogP contribution in [0.1, 0.15) is 303 Å². The second-order valence-corrected chi connectivity index (χ2v) is 22.3. The Morgan fingerprint density at radius 1 is 0.378 bits per heavy atom. The summed E-state index contributed by atoms with van der Waals surface area (Å²) >= 11 is 0. The Labute approximate surface area is 454 Å². The summed E-state index contributed by atoms with van der Waals surface area (Å²) in [4.78, 5) is 48.6. The lowest BCUT2D eigenvalue weighted by molar-refractivity contribution is -0.161. The van der Waals surface area contributed by atoms with Gasteiger partial charge in [-0.1, -0.05) is 243 Å². The normalized spacial score (nSPS) is 13.5. The Balaban J connectivity index is 4.62. The van der Waals surface area contributed by atoms with E-state index in [1.165, 1.54) is 167 Å². The van der Waals surface area contributed by atoms with E-state index in [4.69, 9.17) is 23.3 Å². The van der Waals surface area contributed by atoms with Crippen LogP contribution in [0.15, 0.2) is 36.5 Å². The van der Waals surface area contributed by atoms with Gasteiger partial charge in [-0.25, -0.2) is 4.57 Å². The fraction of sp³-hybridized carbons (Fsp3) is 0.855. The van der Waals surface area contributed by atoms with Gasteiger partial charge in [0, 0.05) is 19.3 Å². The molecule has 0 aliphatic carbocycles. The molecule has 0 heterocycles. The standard InChI is InChI=1S/C62H115O11P/c1-4-7-10-13-16-19-22-24-26-28-29-31-33-35-38-41-44-47-50-53-62(66)73-59(55-69-60(64)51-48-45-42-39-36-21-18-15-12-9-6-3)57-71-74(67,68)70-56-58(54-63)72-61(65)52-49-46-43-40-37-34-32-30-27-25-23-20-17-14-11-8-5-2/h16,19,24-27,58-59,63H,4-15,17-18,20-23,28-57H2,1-3H3,(H,67,68)/b19-16-,26-24-,27-25-. The zero-order valence-electron chi connectivity index (χ0n) is 48.1. The monoisotopic (exact) mass is 1070 g/mol. The van der Waals surface area contributed by atoms with E-state index < -0.39 is 57.8 Å². The van der Waals surface area contributed by atoms with Crippen molar-refractivity contribution in [2.45, 2.75) is 315 Å². The number of phosphoric acid groups is 1. The molecular weight excluding hydrogens is 952 g/mol. The Morgan fingerprint density at radius 2 is 0.662 bits per heavy atom. The van der Waals surface area contributed by atoms with Crippen LogP contribution in [0.4, 0.5) is 0 Å². The van der Waals surface area contributed by atoms with Crippen LogP contribution >= 0.6 is 7.82 Å². The number of hydrogen-bond acceptors (Lipinski definition) is 10. The molecule has 0 spiro atoms. The van der Waals surface area contributed by atoms with Crippen molar-refractivity contribution in [3.05, 3.63) is 36.5 Å². The maximum Gasteiger partial charge on any atom is 0.472 e. The number of aliphatic hydroxyl groups is 1. The molecule has 3 unspecified atom stereocenters. The van der Waals surface area contributed by atoms with Crippen LogP contribution in [-0.2, 0) is 42.2 Å². The molecule has 0 radical (unpaired) electrons. The number of esters is 3. The van der Waals surface area contributed by atoms with Gasteiger partial charge in [0.15, 0.2) is 6.10 Å². The van der Waals surface area contributed by atoms with Crippen LogP contribution in [0.5, 0.6) is 0 Å². The van der Waals surface area contributed by atoms with E-state index in [1.807, 2.05) is 0 Å². The summed E-state index contributed by atoms with van der Waals surface area (Å²) in [6.07, 6.45) is 59.5. The quantitative estimate of drug-likeness (QED) is 0.0197.